The van der Waals surface area contributed by atoms with Crippen LogP contribution in [-0.2, 0) is 25.2 Å². The van der Waals surface area contributed by atoms with E-state index in [2.05, 4.69) is 28.2 Å². The lowest BCUT2D eigenvalue weighted by Crippen LogP contribution is -2.57. The Labute approximate surface area is 343 Å². The largest absolute Gasteiger partial charge is 0.468 e. The number of esters is 1. The summed E-state index contributed by atoms with van der Waals surface area (Å²) in [6, 6.07) is 20.4. The van der Waals surface area contributed by atoms with Crippen LogP contribution in [0.1, 0.15) is 78.8 Å². The maximum Gasteiger partial charge on any atom is 0.426 e. The third-order valence-corrected chi connectivity index (χ3v) is 10.2. The van der Waals surface area contributed by atoms with Gasteiger partial charge in [-0.2, -0.15) is 13.2 Å². The molecule has 0 radical (unpaired) electrons. The van der Waals surface area contributed by atoms with Gasteiger partial charge in [0.15, 0.2) is 5.78 Å². The Morgan fingerprint density at radius 3 is 1.90 bits per heavy atom. The predicted octanol–water partition coefficient (Wildman–Crippen LogP) is 9.69. The second kappa shape index (κ2) is 18.3. The molecule has 4 aromatic carbocycles. The molecule has 2 unspecified atom stereocenters. The smallest absolute Gasteiger partial charge is 0.426 e. The van der Waals surface area contributed by atoms with Crippen molar-refractivity contribution in [2.24, 2.45) is 5.92 Å². The number of anilines is 1. The maximum atomic E-state index is 14.1. The standard InChI is InChI=1S/C24H22F4N2O4.C22H23FO3/c1-5-14-6-7-15(25)10-19(14)22(3,4)12-23(33,24(26,27)28)21(32)29-16-8-9-17-18(11-16)13(2)30-34-20(17)31;1-5-15-11-12-17(23)13-19(15)22(2,3)14-18(21(25)26-4)20(24)16-9-7-6-8-10-16/h5-11,33H,1,12H2,2-4H3,(H,29,32);5-13,18H,1,14H2,2-4H3. The number of ketones is 1. The van der Waals surface area contributed by atoms with Gasteiger partial charge >= 0.3 is 17.8 Å². The van der Waals surface area contributed by atoms with E-state index in [0.717, 1.165) is 17.7 Å². The second-order valence-electron chi connectivity index (χ2n) is 15.5. The lowest BCUT2D eigenvalue weighted by molar-refractivity contribution is -0.254. The molecule has 5 aromatic rings. The molecule has 14 heteroatoms. The van der Waals surface area contributed by atoms with Crippen molar-refractivity contribution in [2.75, 3.05) is 12.4 Å². The number of hydrogen-bond donors (Lipinski definition) is 2. The minimum atomic E-state index is -5.36. The van der Waals surface area contributed by atoms with Crippen LogP contribution >= 0.6 is 0 Å². The van der Waals surface area contributed by atoms with Crippen LogP contribution in [0.2, 0.25) is 0 Å². The minimum Gasteiger partial charge on any atom is -0.468 e. The molecule has 0 spiro atoms. The molecule has 0 fully saturated rings. The van der Waals surface area contributed by atoms with E-state index in [-0.39, 0.29) is 45.7 Å². The van der Waals surface area contributed by atoms with Crippen molar-refractivity contribution in [1.82, 2.24) is 5.16 Å². The first-order valence-electron chi connectivity index (χ1n) is 18.5. The van der Waals surface area contributed by atoms with Crippen molar-refractivity contribution >= 4 is 46.3 Å². The van der Waals surface area contributed by atoms with Crippen LogP contribution in [0.25, 0.3) is 22.9 Å². The Morgan fingerprint density at radius 1 is 0.833 bits per heavy atom. The van der Waals surface area contributed by atoms with Gasteiger partial charge in [-0.3, -0.25) is 14.4 Å². The molecule has 1 aromatic heterocycles. The molecule has 9 nitrogen and oxygen atoms in total. The second-order valence-corrected chi connectivity index (χ2v) is 15.5. The van der Waals surface area contributed by atoms with Gasteiger partial charge in [0.2, 0.25) is 5.60 Å². The van der Waals surface area contributed by atoms with Crippen molar-refractivity contribution in [2.45, 2.75) is 70.1 Å². The average molecular weight is 833 g/mol. The quantitative estimate of drug-likeness (QED) is 0.0518. The van der Waals surface area contributed by atoms with E-state index in [1.165, 1.54) is 70.4 Å². The number of nitrogens with one attached hydrogen (secondary N) is 1. The summed E-state index contributed by atoms with van der Waals surface area (Å²) < 4.78 is 79.4. The third-order valence-electron chi connectivity index (χ3n) is 10.2. The maximum absolute atomic E-state index is 14.1. The summed E-state index contributed by atoms with van der Waals surface area (Å²) in [7, 11) is 1.26. The number of benzene rings is 4. The normalized spacial score (nSPS) is 13.3. The first-order chi connectivity index (χ1) is 28.0. The Kier molecular flexibility index (Phi) is 14.2. The highest BCUT2D eigenvalue weighted by molar-refractivity contribution is 6.08. The zero-order chi connectivity index (χ0) is 44.8. The van der Waals surface area contributed by atoms with Gasteiger partial charge < -0.3 is 19.7 Å². The number of alkyl halides is 3. The zero-order valence-electron chi connectivity index (χ0n) is 33.9. The molecular formula is C46H45F5N2O7. The molecule has 1 heterocycles. The van der Waals surface area contributed by atoms with Gasteiger partial charge in [0, 0.05) is 23.1 Å². The van der Waals surface area contributed by atoms with Gasteiger partial charge in [-0.15, -0.1) is 0 Å². The molecule has 60 heavy (non-hydrogen) atoms. The van der Waals surface area contributed by atoms with Crippen LogP contribution in [0.4, 0.5) is 27.6 Å². The molecular weight excluding hydrogens is 788 g/mol. The van der Waals surface area contributed by atoms with Crippen molar-refractivity contribution in [3.8, 4) is 0 Å². The number of aromatic nitrogens is 1. The molecule has 0 saturated carbocycles. The van der Waals surface area contributed by atoms with Crippen LogP contribution in [0.5, 0.6) is 0 Å². The van der Waals surface area contributed by atoms with Crippen LogP contribution in [0, 0.1) is 24.5 Å². The minimum absolute atomic E-state index is 0.0917. The number of carbonyl (C=O) groups is 3. The molecule has 1 amide bonds. The van der Waals surface area contributed by atoms with E-state index in [1.807, 2.05) is 13.8 Å². The zero-order valence-corrected chi connectivity index (χ0v) is 33.9. The monoisotopic (exact) mass is 832 g/mol. The van der Waals surface area contributed by atoms with Crippen LogP contribution < -0.4 is 10.9 Å². The number of halogens is 5. The molecule has 5 rings (SSSR count). The summed E-state index contributed by atoms with van der Waals surface area (Å²) in [4.78, 5) is 49.8. The summed E-state index contributed by atoms with van der Waals surface area (Å²) in [5.74, 6) is -4.65. The Morgan fingerprint density at radius 2 is 1.38 bits per heavy atom. The highest BCUT2D eigenvalue weighted by atomic mass is 19.4. The van der Waals surface area contributed by atoms with Gasteiger partial charge in [0.05, 0.1) is 18.2 Å². The number of ether oxygens (including phenoxy) is 1. The van der Waals surface area contributed by atoms with E-state index in [0.29, 0.717) is 16.7 Å². The number of fused-ring (bicyclic) bond motifs is 1. The van der Waals surface area contributed by atoms with Crippen molar-refractivity contribution in [1.29, 1.82) is 0 Å². The van der Waals surface area contributed by atoms with Gasteiger partial charge in [-0.25, -0.2) is 13.6 Å². The van der Waals surface area contributed by atoms with E-state index >= 15 is 0 Å². The molecule has 2 atom stereocenters. The average Bonchev–Trinajstić information content (AvgIpc) is 3.20. The SMILES string of the molecule is C=Cc1ccc(F)cc1C(C)(C)CC(C(=O)OC)C(=O)c1ccccc1.C=Cc1ccc(F)cc1C(C)(C)CC(O)(C(=O)Nc1ccc2c(=O)onc(C)c2c1)C(F)(F)F. The first-order valence-corrected chi connectivity index (χ1v) is 18.5. The number of rotatable bonds is 13. The van der Waals surface area contributed by atoms with E-state index < -0.39 is 58.3 Å². The molecule has 0 saturated heterocycles. The Bertz CT molecular complexity index is 2480. The summed E-state index contributed by atoms with van der Waals surface area (Å²) in [5.41, 5.74) is -4.09. The summed E-state index contributed by atoms with van der Waals surface area (Å²) in [5, 5.41) is 16.7. The molecule has 316 valence electrons. The fourth-order valence-electron chi connectivity index (χ4n) is 7.02. The van der Waals surface area contributed by atoms with Gasteiger partial charge in [-0.1, -0.05) is 101 Å². The summed E-state index contributed by atoms with van der Waals surface area (Å²) in [6.45, 7) is 15.4. The first kappa shape index (κ1) is 46.4. The van der Waals surface area contributed by atoms with Crippen molar-refractivity contribution in [3.05, 3.63) is 154 Å². The topological polar surface area (TPSA) is 136 Å². The van der Waals surface area contributed by atoms with Crippen molar-refractivity contribution in [3.63, 3.8) is 0 Å². The number of carbonyl (C=O) groups excluding carboxylic acids is 3. The number of amides is 1. The number of aryl methyl sites for hydroxylation is 1. The molecule has 0 aliphatic heterocycles. The number of Topliss-reactive ketones (excluding diaryl/α,β-unsaturated/α-hetero) is 1. The summed E-state index contributed by atoms with van der Waals surface area (Å²) >= 11 is 0. The van der Waals surface area contributed by atoms with E-state index in [4.69, 9.17) is 4.74 Å². The lowest BCUT2D eigenvalue weighted by atomic mass is 9.73. The van der Waals surface area contributed by atoms with Gasteiger partial charge in [0.25, 0.3) is 5.91 Å². The molecule has 0 aliphatic carbocycles. The third kappa shape index (κ3) is 10.3. The van der Waals surface area contributed by atoms with E-state index in [9.17, 15) is 46.2 Å². The Hall–Kier alpha value is -6.28. The highest BCUT2D eigenvalue weighted by Crippen LogP contribution is 2.43. The highest BCUT2D eigenvalue weighted by Gasteiger charge is 2.61. The number of methoxy groups -OCH3 is 1. The fourth-order valence-corrected chi connectivity index (χ4v) is 7.02. The lowest BCUT2D eigenvalue weighted by Gasteiger charge is -2.37. The van der Waals surface area contributed by atoms with Gasteiger partial charge in [-0.05, 0) is 88.9 Å². The van der Waals surface area contributed by atoms with Crippen molar-refractivity contribution < 1.29 is 50.7 Å². The fraction of sp³-hybridized carbons (Fsp3) is 0.283. The number of nitrogens with zero attached hydrogens (tertiary/aromatic N) is 1. The van der Waals surface area contributed by atoms with Gasteiger partial charge in [0.1, 0.15) is 17.6 Å². The van der Waals surface area contributed by atoms with Crippen LogP contribution in [-0.4, -0.2) is 46.8 Å². The summed E-state index contributed by atoms with van der Waals surface area (Å²) in [6.07, 6.45) is -3.27. The molecule has 2 N–H and O–H groups in total. The number of hydrogen-bond acceptors (Lipinski definition) is 8. The number of aliphatic hydroxyl groups is 1. The molecule has 0 aliphatic rings. The molecule has 0 bridgehead atoms. The predicted molar refractivity (Wildman–Crippen MR) is 219 cm³/mol. The van der Waals surface area contributed by atoms with Crippen LogP contribution in [0.15, 0.2) is 107 Å². The van der Waals surface area contributed by atoms with Crippen LogP contribution in [0.3, 0.4) is 0 Å². The van der Waals surface area contributed by atoms with E-state index in [1.54, 1.807) is 42.5 Å². The Balaban J connectivity index is 0.000000275.